The van der Waals surface area contributed by atoms with Gasteiger partial charge in [0, 0.05) is 7.44 Å². The maximum Gasteiger partial charge on any atom is 1.00 e. The molecular weight excluding hydrogens is 105 g/mol. The zero-order chi connectivity index (χ0) is 2.00. The molecule has 0 aliphatic carbocycles. The second-order valence-corrected chi connectivity index (χ2v) is 0. The molecule has 2 radical (unpaired) electrons. The topological polar surface area (TPSA) is 0 Å². The molecule has 0 aromatic carbocycles. The van der Waals surface area contributed by atoms with Crippen LogP contribution in [0, 0.1) is 0 Å². The summed E-state index contributed by atoms with van der Waals surface area (Å²) in [6.07, 6.45) is 0. The molecule has 4 heavy (non-hydrogen) atoms. The average molecular weight is 112 g/mol. The fourth-order valence-electron chi connectivity index (χ4n) is 0. The molecule has 0 saturated heterocycles. The van der Waals surface area contributed by atoms with Crippen molar-refractivity contribution in [3.8, 4) is 0 Å². The van der Waals surface area contributed by atoms with Crippen molar-refractivity contribution in [3.05, 3.63) is 0 Å². The van der Waals surface area contributed by atoms with Crippen molar-refractivity contribution in [1.82, 2.24) is 0 Å². The van der Waals surface area contributed by atoms with Gasteiger partial charge >= 0.3 is 51.4 Å². The second-order valence-electron chi connectivity index (χ2n) is 0. The third-order valence-corrected chi connectivity index (χ3v) is 0. The first-order valence-corrected chi connectivity index (χ1v) is 1.73. The van der Waals surface area contributed by atoms with E-state index >= 15 is 0 Å². The maximum absolute atomic E-state index is 4.64. The van der Waals surface area contributed by atoms with Crippen LogP contribution in [-0.4, -0.2) is 34.9 Å². The van der Waals surface area contributed by atoms with E-state index in [-0.39, 0.29) is 70.2 Å². The molecule has 0 fully saturated rings. The van der Waals surface area contributed by atoms with Gasteiger partial charge in [0.2, 0.25) is 0 Å². The molecule has 0 aliphatic heterocycles. The Morgan fingerprint density at radius 3 is 1.50 bits per heavy atom. The van der Waals surface area contributed by atoms with Gasteiger partial charge in [-0.15, -0.1) is 0 Å². The summed E-state index contributed by atoms with van der Waals surface area (Å²) in [6, 6.07) is 0. The molecule has 0 unspecified atom stereocenters. The Labute approximate surface area is 85.9 Å². The molecule has 18 valence electrons. The molecule has 0 aromatic rings. The van der Waals surface area contributed by atoms with Crippen molar-refractivity contribution >= 4 is 34.9 Å². The van der Waals surface area contributed by atoms with Gasteiger partial charge in [-0.3, -0.25) is 0 Å². The van der Waals surface area contributed by atoms with Crippen molar-refractivity contribution in [3.63, 3.8) is 0 Å². The standard InChI is InChI=1S/Al.BH3Si.K.4H/c;1-2;;;;;/h;2H3;;;;;/q;;+1;;;;-1. The van der Waals surface area contributed by atoms with E-state index in [0.717, 1.165) is 10.1 Å². The SMILES string of the molecule is [AlH3].[B][SiH3].[H-].[K+]. The van der Waals surface area contributed by atoms with Crippen molar-refractivity contribution in [2.45, 2.75) is 0 Å². The van der Waals surface area contributed by atoms with E-state index in [4.69, 9.17) is 0 Å². The molecule has 0 nitrogen and oxygen atoms in total. The van der Waals surface area contributed by atoms with Crippen LogP contribution in [0.15, 0.2) is 0 Å². The van der Waals surface area contributed by atoms with E-state index < -0.39 is 0 Å². The summed E-state index contributed by atoms with van der Waals surface area (Å²) in [5.41, 5.74) is 0. The van der Waals surface area contributed by atoms with Gasteiger partial charge in [-0.1, -0.05) is 0 Å². The number of rotatable bonds is 0. The first kappa shape index (κ1) is 16.1. The Bertz CT molecular complexity index is 11.6. The molecule has 0 amide bonds. The van der Waals surface area contributed by atoms with Gasteiger partial charge in [0.25, 0.3) is 0 Å². The van der Waals surface area contributed by atoms with E-state index in [9.17, 15) is 0 Å². The molecule has 0 N–H and O–H groups in total. The fourth-order valence-corrected chi connectivity index (χ4v) is 0. The predicted octanol–water partition coefficient (Wildman–Crippen LogP) is -5.63. The molecule has 0 saturated carbocycles. The zero-order valence-electron chi connectivity index (χ0n) is 3.58. The summed E-state index contributed by atoms with van der Waals surface area (Å²) in [6.45, 7) is 0. The molecule has 4 heteroatoms. The quantitative estimate of drug-likeness (QED) is 0.274. The minimum absolute atomic E-state index is 0. The van der Waals surface area contributed by atoms with Crippen LogP contribution in [0.2, 0.25) is 0 Å². The van der Waals surface area contributed by atoms with Gasteiger partial charge in [0.05, 0.1) is 0 Å². The molecule has 0 aliphatic rings. The summed E-state index contributed by atoms with van der Waals surface area (Å²) < 4.78 is 0. The van der Waals surface area contributed by atoms with Gasteiger partial charge in [-0.2, -0.15) is 0 Å². The van der Waals surface area contributed by atoms with Gasteiger partial charge in [0.1, 0.15) is 0 Å². The molecule has 0 rings (SSSR count). The van der Waals surface area contributed by atoms with Gasteiger partial charge < -0.3 is 1.43 Å². The van der Waals surface area contributed by atoms with Crippen LogP contribution in [-0.2, 0) is 0 Å². The van der Waals surface area contributed by atoms with E-state index in [1.807, 2.05) is 0 Å². The van der Waals surface area contributed by atoms with E-state index in [1.54, 1.807) is 0 Å². The van der Waals surface area contributed by atoms with E-state index in [0.29, 0.717) is 0 Å². The Hall–Kier alpha value is 2.45. The third-order valence-electron chi connectivity index (χ3n) is 0. The average Bonchev–Trinajstić information content (AvgIpc) is 1.00. The minimum atomic E-state index is 0. The summed E-state index contributed by atoms with van der Waals surface area (Å²) in [5.74, 6) is 0. The predicted molar refractivity (Wildman–Crippen MR) is 26.7 cm³/mol. The Morgan fingerprint density at radius 1 is 1.50 bits per heavy atom. The maximum atomic E-state index is 4.64. The van der Waals surface area contributed by atoms with Gasteiger partial charge in [0.15, 0.2) is 17.4 Å². The van der Waals surface area contributed by atoms with Crippen LogP contribution in [0.25, 0.3) is 0 Å². The van der Waals surface area contributed by atoms with Crippen molar-refractivity contribution in [2.24, 2.45) is 0 Å². The smallest absolute Gasteiger partial charge is 1.00 e. The number of hydrogen-bond acceptors (Lipinski definition) is 0. The Kier molecular flexibility index (Phi) is 72.3. The molecule has 0 bridgehead atoms. The first-order chi connectivity index (χ1) is 1.00. The fraction of sp³-hybridized carbons (Fsp3) is 0. The summed E-state index contributed by atoms with van der Waals surface area (Å²) in [7, 11) is 5.44. The van der Waals surface area contributed by atoms with Gasteiger partial charge in [-0.05, 0) is 10.1 Å². The minimum Gasteiger partial charge on any atom is -1.00 e. The molecule has 0 aromatic heterocycles. The van der Waals surface area contributed by atoms with Crippen molar-refractivity contribution < 1.29 is 52.8 Å². The van der Waals surface area contributed by atoms with Crippen LogP contribution < -0.4 is 51.4 Å². The molecule has 0 spiro atoms. The summed E-state index contributed by atoms with van der Waals surface area (Å²) >= 11 is 0. The third kappa shape index (κ3) is 8.82. The van der Waals surface area contributed by atoms with Crippen LogP contribution in [0.4, 0.5) is 0 Å². The van der Waals surface area contributed by atoms with Crippen LogP contribution >= 0.6 is 0 Å². The van der Waals surface area contributed by atoms with E-state index in [2.05, 4.69) is 7.44 Å². The van der Waals surface area contributed by atoms with Crippen LogP contribution in [0.3, 0.4) is 0 Å². The molecule has 0 atom stereocenters. The van der Waals surface area contributed by atoms with Crippen molar-refractivity contribution in [2.75, 3.05) is 0 Å². The largest absolute Gasteiger partial charge is 1.00 e. The van der Waals surface area contributed by atoms with Gasteiger partial charge in [-0.25, -0.2) is 0 Å². The van der Waals surface area contributed by atoms with Crippen LogP contribution in [0.5, 0.6) is 0 Å². The number of hydrogen-bond donors (Lipinski definition) is 0. The summed E-state index contributed by atoms with van der Waals surface area (Å²) in [5, 5.41) is 0. The summed E-state index contributed by atoms with van der Waals surface area (Å²) in [4.78, 5) is 0. The van der Waals surface area contributed by atoms with Crippen LogP contribution in [0.1, 0.15) is 1.43 Å². The monoisotopic (exact) mass is 112 g/mol. The Balaban J connectivity index is -0.00000000167. The molecular formula is H7AlBKSi. The second kappa shape index (κ2) is 18.0. The van der Waals surface area contributed by atoms with Crippen molar-refractivity contribution in [1.29, 1.82) is 0 Å². The Morgan fingerprint density at radius 2 is 1.50 bits per heavy atom. The zero-order valence-corrected chi connectivity index (χ0v) is 7.70. The van der Waals surface area contributed by atoms with E-state index in [1.165, 1.54) is 0 Å². The normalized spacial score (nSPS) is 2.00. The first-order valence-electron chi connectivity index (χ1n) is 0.577. The molecule has 0 heterocycles.